The summed E-state index contributed by atoms with van der Waals surface area (Å²) < 4.78 is 0. The predicted octanol–water partition coefficient (Wildman–Crippen LogP) is 3.86. The summed E-state index contributed by atoms with van der Waals surface area (Å²) >= 11 is 0. The van der Waals surface area contributed by atoms with Crippen molar-refractivity contribution in [2.24, 2.45) is 0 Å². The molecule has 0 atom stereocenters. The largest absolute Gasteiger partial charge is 0.396 e. The highest BCUT2D eigenvalue weighted by molar-refractivity contribution is 5.78. The van der Waals surface area contributed by atoms with Crippen molar-refractivity contribution >= 4 is 5.78 Å². The summed E-state index contributed by atoms with van der Waals surface area (Å²) in [7, 11) is 0. The van der Waals surface area contributed by atoms with Crippen molar-refractivity contribution in [1.29, 1.82) is 0 Å². The molecular formula is C14H28O2. The van der Waals surface area contributed by atoms with Gasteiger partial charge in [0.15, 0.2) is 0 Å². The molecule has 16 heavy (non-hydrogen) atoms. The molecule has 0 unspecified atom stereocenters. The Bertz CT molecular complexity index is 155. The zero-order chi connectivity index (χ0) is 12.1. The maximum Gasteiger partial charge on any atom is 0.132 e. The highest BCUT2D eigenvalue weighted by atomic mass is 16.3. The number of carbonyl (C=O) groups excluding carboxylic acids is 1. The number of rotatable bonds is 12. The minimum atomic E-state index is 0.142. The summed E-state index contributed by atoms with van der Waals surface area (Å²) in [4.78, 5) is 11.3. The topological polar surface area (TPSA) is 37.3 Å². The lowest BCUT2D eigenvalue weighted by atomic mass is 10.0. The summed E-state index contributed by atoms with van der Waals surface area (Å²) in [6, 6.07) is 0. The van der Waals surface area contributed by atoms with Crippen molar-refractivity contribution in [2.45, 2.75) is 77.6 Å². The van der Waals surface area contributed by atoms with Crippen molar-refractivity contribution in [2.75, 3.05) is 6.61 Å². The third-order valence-electron chi connectivity index (χ3n) is 2.92. The fourth-order valence-corrected chi connectivity index (χ4v) is 1.86. The van der Waals surface area contributed by atoms with Gasteiger partial charge in [0.25, 0.3) is 0 Å². The fraction of sp³-hybridized carbons (Fsp3) is 0.929. The van der Waals surface area contributed by atoms with Crippen LogP contribution in [0.4, 0.5) is 0 Å². The van der Waals surface area contributed by atoms with Gasteiger partial charge in [0.05, 0.1) is 0 Å². The van der Waals surface area contributed by atoms with E-state index in [1.807, 2.05) is 0 Å². The van der Waals surface area contributed by atoms with Gasteiger partial charge in [-0.05, 0) is 12.8 Å². The molecule has 0 spiro atoms. The van der Waals surface area contributed by atoms with Gasteiger partial charge in [-0.15, -0.1) is 0 Å². The Morgan fingerprint density at radius 3 is 1.88 bits per heavy atom. The Kier molecular flexibility index (Phi) is 12.4. The second-order valence-corrected chi connectivity index (χ2v) is 4.59. The first-order valence-electron chi connectivity index (χ1n) is 6.93. The van der Waals surface area contributed by atoms with Gasteiger partial charge in [0, 0.05) is 19.4 Å². The first-order chi connectivity index (χ1) is 7.81. The van der Waals surface area contributed by atoms with E-state index in [0.717, 1.165) is 12.8 Å². The monoisotopic (exact) mass is 228 g/mol. The number of ketones is 1. The smallest absolute Gasteiger partial charge is 0.132 e. The Balaban J connectivity index is 3.05. The molecule has 1 N–H and O–H groups in total. The van der Waals surface area contributed by atoms with Crippen LogP contribution in [0.25, 0.3) is 0 Å². The van der Waals surface area contributed by atoms with Crippen LogP contribution in [0.1, 0.15) is 77.6 Å². The van der Waals surface area contributed by atoms with E-state index in [1.165, 1.54) is 44.9 Å². The fourth-order valence-electron chi connectivity index (χ4n) is 1.86. The molecule has 0 aromatic carbocycles. The third kappa shape index (κ3) is 11.7. The highest BCUT2D eigenvalue weighted by Gasteiger charge is 2.00. The number of hydrogen-bond acceptors (Lipinski definition) is 2. The van der Waals surface area contributed by atoms with Crippen LogP contribution in [0.2, 0.25) is 0 Å². The van der Waals surface area contributed by atoms with Crippen molar-refractivity contribution in [3.05, 3.63) is 0 Å². The maximum absolute atomic E-state index is 11.3. The molecule has 0 amide bonds. The van der Waals surface area contributed by atoms with E-state index in [4.69, 9.17) is 5.11 Å². The summed E-state index contributed by atoms with van der Waals surface area (Å²) in [6.45, 7) is 2.38. The van der Waals surface area contributed by atoms with Crippen LogP contribution in [0.5, 0.6) is 0 Å². The van der Waals surface area contributed by atoms with E-state index >= 15 is 0 Å². The van der Waals surface area contributed by atoms with E-state index < -0.39 is 0 Å². The molecule has 0 aliphatic carbocycles. The van der Waals surface area contributed by atoms with Crippen molar-refractivity contribution in [3.8, 4) is 0 Å². The predicted molar refractivity (Wildman–Crippen MR) is 68.6 cm³/mol. The van der Waals surface area contributed by atoms with Gasteiger partial charge < -0.3 is 5.11 Å². The van der Waals surface area contributed by atoms with Crippen LogP contribution in [0.15, 0.2) is 0 Å². The Morgan fingerprint density at radius 2 is 1.31 bits per heavy atom. The number of aliphatic hydroxyl groups is 1. The van der Waals surface area contributed by atoms with Crippen LogP contribution in [-0.2, 0) is 4.79 Å². The normalized spacial score (nSPS) is 10.6. The molecular weight excluding hydrogens is 200 g/mol. The average Bonchev–Trinajstić information content (AvgIpc) is 2.30. The summed E-state index contributed by atoms with van der Waals surface area (Å²) in [5.41, 5.74) is 0. The summed E-state index contributed by atoms with van der Waals surface area (Å²) in [6.07, 6.45) is 12.1. The molecule has 0 rings (SSSR count). The van der Waals surface area contributed by atoms with Gasteiger partial charge in [-0.1, -0.05) is 51.9 Å². The minimum absolute atomic E-state index is 0.142. The second-order valence-electron chi connectivity index (χ2n) is 4.59. The molecule has 0 fully saturated rings. The first-order valence-corrected chi connectivity index (χ1v) is 6.93. The van der Waals surface area contributed by atoms with E-state index in [2.05, 4.69) is 6.92 Å². The molecule has 2 heteroatoms. The molecule has 0 bridgehead atoms. The van der Waals surface area contributed by atoms with Gasteiger partial charge in [-0.2, -0.15) is 0 Å². The summed E-state index contributed by atoms with van der Waals surface area (Å²) in [5.74, 6) is 0.319. The zero-order valence-corrected chi connectivity index (χ0v) is 10.8. The number of carbonyl (C=O) groups is 1. The molecule has 0 aliphatic heterocycles. The molecule has 0 radical (unpaired) electrons. The molecule has 0 aromatic heterocycles. The van der Waals surface area contributed by atoms with Crippen LogP contribution in [0.3, 0.4) is 0 Å². The van der Waals surface area contributed by atoms with Crippen LogP contribution in [-0.4, -0.2) is 17.5 Å². The number of unbranched alkanes of at least 4 members (excludes halogenated alkanes) is 7. The Hall–Kier alpha value is -0.370. The van der Waals surface area contributed by atoms with Gasteiger partial charge in [-0.25, -0.2) is 0 Å². The zero-order valence-electron chi connectivity index (χ0n) is 10.8. The lowest BCUT2D eigenvalue weighted by Crippen LogP contribution is -1.99. The molecule has 2 nitrogen and oxygen atoms in total. The summed E-state index contributed by atoms with van der Waals surface area (Å²) in [5, 5.41) is 8.58. The lowest BCUT2D eigenvalue weighted by Gasteiger charge is -2.01. The standard InChI is InChI=1S/C14H28O2/c1-2-3-4-5-6-7-8-9-11-14(16)12-10-13-15/h15H,2-13H2,1H3. The molecule has 0 aromatic rings. The molecule has 0 aliphatic rings. The maximum atomic E-state index is 11.3. The molecule has 96 valence electrons. The minimum Gasteiger partial charge on any atom is -0.396 e. The molecule has 0 saturated heterocycles. The average molecular weight is 228 g/mol. The molecule has 0 saturated carbocycles. The number of hydrogen-bond donors (Lipinski definition) is 1. The van der Waals surface area contributed by atoms with E-state index in [-0.39, 0.29) is 6.61 Å². The van der Waals surface area contributed by atoms with Crippen LogP contribution >= 0.6 is 0 Å². The lowest BCUT2D eigenvalue weighted by molar-refractivity contribution is -0.119. The third-order valence-corrected chi connectivity index (χ3v) is 2.92. The molecule has 0 heterocycles. The first kappa shape index (κ1) is 15.6. The Labute approximate surface area is 100 Å². The second kappa shape index (κ2) is 12.7. The number of Topliss-reactive ketones (excluding diaryl/α,β-unsaturated/α-hetero) is 1. The van der Waals surface area contributed by atoms with Crippen LogP contribution < -0.4 is 0 Å². The SMILES string of the molecule is CCCCCCCCCCC(=O)CCCO. The van der Waals surface area contributed by atoms with Gasteiger partial charge in [-0.3, -0.25) is 4.79 Å². The van der Waals surface area contributed by atoms with Gasteiger partial charge in [0.2, 0.25) is 0 Å². The highest BCUT2D eigenvalue weighted by Crippen LogP contribution is 2.10. The van der Waals surface area contributed by atoms with Gasteiger partial charge in [0.1, 0.15) is 5.78 Å². The van der Waals surface area contributed by atoms with Crippen molar-refractivity contribution in [3.63, 3.8) is 0 Å². The van der Waals surface area contributed by atoms with E-state index in [9.17, 15) is 4.79 Å². The van der Waals surface area contributed by atoms with E-state index in [0.29, 0.717) is 18.6 Å². The Morgan fingerprint density at radius 1 is 0.812 bits per heavy atom. The van der Waals surface area contributed by atoms with Crippen molar-refractivity contribution in [1.82, 2.24) is 0 Å². The number of aliphatic hydroxyl groups excluding tert-OH is 1. The van der Waals surface area contributed by atoms with Crippen LogP contribution in [0, 0.1) is 0 Å². The van der Waals surface area contributed by atoms with Crippen molar-refractivity contribution < 1.29 is 9.90 Å². The van der Waals surface area contributed by atoms with Gasteiger partial charge >= 0.3 is 0 Å². The quantitative estimate of drug-likeness (QED) is 0.515. The van der Waals surface area contributed by atoms with E-state index in [1.54, 1.807) is 0 Å².